The van der Waals surface area contributed by atoms with Crippen LogP contribution in [0.3, 0.4) is 0 Å². The molecule has 0 saturated carbocycles. The van der Waals surface area contributed by atoms with Gasteiger partial charge < -0.3 is 19.5 Å². The Hall–Kier alpha value is -3.80. The third-order valence-electron chi connectivity index (χ3n) is 6.31. The van der Waals surface area contributed by atoms with Crippen molar-refractivity contribution in [3.8, 4) is 11.1 Å². The smallest absolute Gasteiger partial charge is 0.322 e. The van der Waals surface area contributed by atoms with Crippen LogP contribution in [-0.2, 0) is 0 Å². The van der Waals surface area contributed by atoms with Gasteiger partial charge in [0.05, 0.1) is 0 Å². The zero-order valence-corrected chi connectivity index (χ0v) is 19.2. The number of carbonyl (C=O) groups is 1. The summed E-state index contributed by atoms with van der Waals surface area (Å²) in [6.45, 7) is 2.67. The molecule has 2 amide bonds. The number of hydrogen-bond donors (Lipinski definition) is 1. The summed E-state index contributed by atoms with van der Waals surface area (Å²) in [5.41, 5.74) is 6.80. The molecule has 3 aromatic carbocycles. The number of benzene rings is 3. The van der Waals surface area contributed by atoms with Crippen LogP contribution in [-0.4, -0.2) is 36.6 Å². The lowest BCUT2D eigenvalue weighted by Crippen LogP contribution is -2.34. The predicted molar refractivity (Wildman–Crippen MR) is 133 cm³/mol. The van der Waals surface area contributed by atoms with Crippen LogP contribution in [0.25, 0.3) is 22.2 Å². The maximum atomic E-state index is 13.0. The first kappa shape index (κ1) is 21.1. The van der Waals surface area contributed by atoms with Gasteiger partial charge in [-0.2, -0.15) is 0 Å². The minimum Gasteiger partial charge on any atom is -0.438 e. The van der Waals surface area contributed by atoms with Crippen LogP contribution in [0.4, 0.5) is 16.2 Å². The summed E-state index contributed by atoms with van der Waals surface area (Å²) in [5.74, 6) is 0.600. The first-order chi connectivity index (χ1) is 16.0. The number of hydrogen-bond acceptors (Lipinski definition) is 4. The molecule has 1 aliphatic heterocycles. The minimum absolute atomic E-state index is 0.115. The Balaban J connectivity index is 1.39. The molecule has 1 fully saturated rings. The second-order valence-corrected chi connectivity index (χ2v) is 8.77. The summed E-state index contributed by atoms with van der Waals surface area (Å²) in [6, 6.07) is 22.1. The predicted octanol–water partition coefficient (Wildman–Crippen LogP) is 6.24. The summed E-state index contributed by atoms with van der Waals surface area (Å²) in [6.07, 6.45) is 1.76. The van der Waals surface area contributed by atoms with Crippen LogP contribution in [0.1, 0.15) is 30.3 Å². The SMILES string of the molecule is Cc1ccccc1NC(=O)N1CCCC1c1nc2cc(-c3ccc(N(C)C)cc3)ccc2o1. The Morgan fingerprint density at radius 3 is 2.58 bits per heavy atom. The molecule has 5 rings (SSSR count). The van der Waals surface area contributed by atoms with Crippen molar-refractivity contribution in [1.82, 2.24) is 9.88 Å². The standard InChI is InChI=1S/C27H28N4O2/c1-18-7-4-5-8-22(18)29-27(32)31-16-6-9-24(31)26-28-23-17-20(12-15-25(23)33-26)19-10-13-21(14-11-19)30(2)3/h4-5,7-8,10-15,17,24H,6,9,16H2,1-3H3,(H,29,32). The number of anilines is 2. The molecule has 2 heterocycles. The number of urea groups is 1. The Kier molecular flexibility index (Phi) is 5.50. The number of fused-ring (bicyclic) bond motifs is 1. The molecular weight excluding hydrogens is 412 g/mol. The van der Waals surface area contributed by atoms with Crippen molar-refractivity contribution in [3.63, 3.8) is 0 Å². The third-order valence-corrected chi connectivity index (χ3v) is 6.31. The van der Waals surface area contributed by atoms with Gasteiger partial charge in [0.1, 0.15) is 11.6 Å². The monoisotopic (exact) mass is 440 g/mol. The number of nitrogens with one attached hydrogen (secondary N) is 1. The highest BCUT2D eigenvalue weighted by Crippen LogP contribution is 2.35. The van der Waals surface area contributed by atoms with E-state index in [0.29, 0.717) is 12.4 Å². The second kappa shape index (κ2) is 8.62. The molecule has 6 nitrogen and oxygen atoms in total. The van der Waals surface area contributed by atoms with Gasteiger partial charge in [0.25, 0.3) is 0 Å². The van der Waals surface area contributed by atoms with E-state index >= 15 is 0 Å². The fourth-order valence-corrected chi connectivity index (χ4v) is 4.39. The normalized spacial score (nSPS) is 15.7. The van der Waals surface area contributed by atoms with Crippen molar-refractivity contribution in [2.24, 2.45) is 0 Å². The molecule has 0 bridgehead atoms. The molecule has 0 aliphatic carbocycles. The summed E-state index contributed by atoms with van der Waals surface area (Å²) >= 11 is 0. The zero-order valence-electron chi connectivity index (χ0n) is 19.2. The summed E-state index contributed by atoms with van der Waals surface area (Å²) < 4.78 is 6.11. The molecule has 6 heteroatoms. The van der Waals surface area contributed by atoms with Crippen molar-refractivity contribution < 1.29 is 9.21 Å². The highest BCUT2D eigenvalue weighted by molar-refractivity contribution is 5.90. The number of rotatable bonds is 4. The highest BCUT2D eigenvalue weighted by Gasteiger charge is 2.33. The van der Waals surface area contributed by atoms with Crippen molar-refractivity contribution in [1.29, 1.82) is 0 Å². The number of carbonyl (C=O) groups excluding carboxylic acids is 1. The van der Waals surface area contributed by atoms with Gasteiger partial charge >= 0.3 is 6.03 Å². The van der Waals surface area contributed by atoms with Crippen molar-refractivity contribution in [2.75, 3.05) is 30.9 Å². The zero-order chi connectivity index (χ0) is 22.9. The number of aryl methyl sites for hydroxylation is 1. The van der Waals surface area contributed by atoms with Crippen molar-refractivity contribution in [3.05, 3.63) is 78.2 Å². The molecule has 1 aromatic heterocycles. The Bertz CT molecular complexity index is 1290. The van der Waals surface area contributed by atoms with E-state index in [1.54, 1.807) is 0 Å². The molecule has 0 spiro atoms. The van der Waals surface area contributed by atoms with E-state index in [1.165, 1.54) is 0 Å². The summed E-state index contributed by atoms with van der Waals surface area (Å²) in [5, 5.41) is 3.04. The lowest BCUT2D eigenvalue weighted by molar-refractivity contribution is 0.199. The molecule has 1 unspecified atom stereocenters. The number of oxazole rings is 1. The largest absolute Gasteiger partial charge is 0.438 e. The lowest BCUT2D eigenvalue weighted by Gasteiger charge is -2.23. The van der Waals surface area contributed by atoms with E-state index < -0.39 is 0 Å². The first-order valence-corrected chi connectivity index (χ1v) is 11.3. The molecule has 1 aliphatic rings. The number of amides is 2. The molecule has 4 aromatic rings. The van der Waals surface area contributed by atoms with Gasteiger partial charge in [-0.25, -0.2) is 9.78 Å². The Morgan fingerprint density at radius 1 is 1.06 bits per heavy atom. The average Bonchev–Trinajstić information content (AvgIpc) is 3.47. The Morgan fingerprint density at radius 2 is 1.82 bits per heavy atom. The van der Waals surface area contributed by atoms with E-state index in [4.69, 9.17) is 9.40 Å². The second-order valence-electron chi connectivity index (χ2n) is 8.77. The molecule has 33 heavy (non-hydrogen) atoms. The van der Waals surface area contributed by atoms with Crippen LogP contribution in [0.2, 0.25) is 0 Å². The van der Waals surface area contributed by atoms with Gasteiger partial charge in [0.15, 0.2) is 5.58 Å². The van der Waals surface area contributed by atoms with Crippen LogP contribution in [0.15, 0.2) is 71.1 Å². The maximum absolute atomic E-state index is 13.0. The number of aromatic nitrogens is 1. The minimum atomic E-state index is -0.163. The molecule has 168 valence electrons. The van der Waals surface area contributed by atoms with Gasteiger partial charge in [-0.05, 0) is 66.8 Å². The highest BCUT2D eigenvalue weighted by atomic mass is 16.4. The number of para-hydroxylation sites is 1. The quantitative estimate of drug-likeness (QED) is 0.408. The Labute approximate surface area is 193 Å². The first-order valence-electron chi connectivity index (χ1n) is 11.3. The van der Waals surface area contributed by atoms with E-state index in [9.17, 15) is 4.79 Å². The third kappa shape index (κ3) is 4.16. The molecule has 1 saturated heterocycles. The fraction of sp³-hybridized carbons (Fsp3) is 0.259. The molecule has 1 atom stereocenters. The number of likely N-dealkylation sites (tertiary alicyclic amines) is 1. The lowest BCUT2D eigenvalue weighted by atomic mass is 10.0. The van der Waals surface area contributed by atoms with Gasteiger partial charge in [0, 0.05) is 32.0 Å². The molecule has 0 radical (unpaired) electrons. The van der Waals surface area contributed by atoms with Crippen LogP contribution < -0.4 is 10.2 Å². The fourth-order valence-electron chi connectivity index (χ4n) is 4.39. The summed E-state index contributed by atoms with van der Waals surface area (Å²) in [4.78, 5) is 21.7. The number of nitrogens with zero attached hydrogens (tertiary/aromatic N) is 3. The molecular formula is C27H28N4O2. The van der Waals surface area contributed by atoms with Crippen molar-refractivity contribution in [2.45, 2.75) is 25.8 Å². The van der Waals surface area contributed by atoms with Crippen molar-refractivity contribution >= 4 is 28.5 Å². The van der Waals surface area contributed by atoms with E-state index in [1.807, 2.05) is 56.3 Å². The van der Waals surface area contributed by atoms with Crippen LogP contribution >= 0.6 is 0 Å². The van der Waals surface area contributed by atoms with E-state index in [2.05, 4.69) is 46.6 Å². The van der Waals surface area contributed by atoms with Crippen LogP contribution in [0, 0.1) is 6.92 Å². The van der Waals surface area contributed by atoms with Gasteiger partial charge in [-0.15, -0.1) is 0 Å². The van der Waals surface area contributed by atoms with Gasteiger partial charge in [0.2, 0.25) is 5.89 Å². The van der Waals surface area contributed by atoms with E-state index in [0.717, 1.165) is 52.0 Å². The van der Waals surface area contributed by atoms with E-state index in [-0.39, 0.29) is 12.1 Å². The van der Waals surface area contributed by atoms with Gasteiger partial charge in [-0.1, -0.05) is 36.4 Å². The maximum Gasteiger partial charge on any atom is 0.322 e. The molecule has 1 N–H and O–H groups in total. The average molecular weight is 441 g/mol. The van der Waals surface area contributed by atoms with Gasteiger partial charge in [-0.3, -0.25) is 0 Å². The topological polar surface area (TPSA) is 61.6 Å². The van der Waals surface area contributed by atoms with Crippen LogP contribution in [0.5, 0.6) is 0 Å². The summed E-state index contributed by atoms with van der Waals surface area (Å²) in [7, 11) is 4.07.